The van der Waals surface area contributed by atoms with Gasteiger partial charge in [-0.2, -0.15) is 0 Å². The molecule has 3 rings (SSSR count). The monoisotopic (exact) mass is 438 g/mol. The third-order valence-corrected chi connectivity index (χ3v) is 3.87. The first-order chi connectivity index (χ1) is 12.8. The molecule has 0 unspecified atom stereocenters. The maximum absolute atomic E-state index is 12.5. The third kappa shape index (κ3) is 5.01. The van der Waals surface area contributed by atoms with Crippen LogP contribution in [0, 0.1) is 0 Å². The van der Waals surface area contributed by atoms with E-state index >= 15 is 0 Å². The van der Waals surface area contributed by atoms with Crippen molar-refractivity contribution in [2.75, 3.05) is 0 Å². The minimum absolute atomic E-state index is 0.153. The Morgan fingerprint density at radius 3 is 2.74 bits per heavy atom. The molecule has 1 amide bonds. The van der Waals surface area contributed by atoms with Gasteiger partial charge in [-0.25, -0.2) is 0 Å². The van der Waals surface area contributed by atoms with E-state index in [-0.39, 0.29) is 17.7 Å². The van der Waals surface area contributed by atoms with Gasteiger partial charge >= 0.3 is 6.36 Å². The molecule has 1 N–H and O–H groups in total. The highest BCUT2D eigenvalue weighted by Crippen LogP contribution is 2.29. The highest BCUT2D eigenvalue weighted by Gasteiger charge is 2.32. The molecule has 0 atom stereocenters. The summed E-state index contributed by atoms with van der Waals surface area (Å²) < 4.78 is 47.1. The summed E-state index contributed by atoms with van der Waals surface area (Å²) in [4.78, 5) is 16.3. The number of rotatable bonds is 5. The standard InChI is InChI=1S/C18H10BrF3N2O3/c19-13-5-3-11(16(8-13)27-18(20,21)22)9-24-17(25)12-4-6-14(23-10-12)15-2-1-7-26-15/h3-8,10H,9H2,(H,24,25). The molecule has 0 bridgehead atoms. The number of hydrogen-bond acceptors (Lipinski definition) is 4. The van der Waals surface area contributed by atoms with Crippen molar-refractivity contribution in [1.29, 1.82) is 0 Å². The molecule has 1 aromatic heterocycles. The smallest absolute Gasteiger partial charge is 0.445 e. The summed E-state index contributed by atoms with van der Waals surface area (Å²) in [6, 6.07) is 7.24. The van der Waals surface area contributed by atoms with E-state index in [1.54, 1.807) is 12.1 Å². The van der Waals surface area contributed by atoms with Gasteiger partial charge in [0.15, 0.2) is 0 Å². The number of benzene rings is 1. The van der Waals surface area contributed by atoms with Crippen LogP contribution in [0.15, 0.2) is 58.7 Å². The lowest BCUT2D eigenvalue weighted by Gasteiger charge is -2.14. The first-order valence-electron chi connectivity index (χ1n) is 7.47. The van der Waals surface area contributed by atoms with Crippen LogP contribution in [-0.2, 0) is 11.3 Å². The molecular formula is C18H10BrF3N2O3. The molecule has 0 spiro atoms. The van der Waals surface area contributed by atoms with Crippen LogP contribution in [-0.4, -0.2) is 17.3 Å². The predicted octanol–water partition coefficient (Wildman–Crippen LogP) is 4.31. The Kier molecular flexibility index (Phi) is 5.37. The van der Waals surface area contributed by atoms with Crippen LogP contribution in [0.5, 0.6) is 5.75 Å². The minimum atomic E-state index is -4.83. The molecular weight excluding hydrogens is 429 g/mol. The number of aromatic nitrogens is 1. The van der Waals surface area contributed by atoms with Crippen molar-refractivity contribution in [3.05, 3.63) is 75.5 Å². The molecule has 0 radical (unpaired) electrons. The summed E-state index contributed by atoms with van der Waals surface area (Å²) in [5, 5.41) is 2.54. The number of carbonyl (C=O) groups is 1. The number of amides is 1. The van der Waals surface area contributed by atoms with Crippen LogP contribution in [0.4, 0.5) is 13.2 Å². The lowest BCUT2D eigenvalue weighted by Crippen LogP contribution is -2.24. The average Bonchev–Trinajstić information content (AvgIpc) is 3.14. The fraction of sp³-hybridized carbons (Fsp3) is 0.111. The van der Waals surface area contributed by atoms with Gasteiger partial charge in [-0.3, -0.25) is 9.78 Å². The molecule has 2 heterocycles. The van der Waals surface area contributed by atoms with E-state index in [1.165, 1.54) is 30.7 Å². The van der Waals surface area contributed by atoms with E-state index in [2.05, 4.69) is 42.4 Å². The number of carbonyl (C=O) groups excluding carboxylic acids is 1. The summed E-state index contributed by atoms with van der Waals surface area (Å²) >= 11 is 3.09. The van der Waals surface area contributed by atoms with Gasteiger partial charge in [0.2, 0.25) is 5.76 Å². The molecule has 5 nitrogen and oxygen atoms in total. The molecule has 0 aliphatic carbocycles. The normalized spacial score (nSPS) is 12.5. The van der Waals surface area contributed by atoms with Crippen LogP contribution in [0.1, 0.15) is 21.6 Å². The first-order valence-corrected chi connectivity index (χ1v) is 8.27. The molecule has 0 saturated heterocycles. The fourth-order valence-electron chi connectivity index (χ4n) is 2.17. The van der Waals surface area contributed by atoms with Gasteiger partial charge in [-0.1, -0.05) is 22.0 Å². The number of ether oxygens (including phenoxy) is 2. The van der Waals surface area contributed by atoms with Crippen molar-refractivity contribution in [1.82, 2.24) is 10.3 Å². The lowest BCUT2D eigenvalue weighted by molar-refractivity contribution is -0.274. The topological polar surface area (TPSA) is 60.5 Å². The summed E-state index contributed by atoms with van der Waals surface area (Å²) in [5.41, 5.74) is 6.23. The van der Waals surface area contributed by atoms with Crippen LogP contribution in [0.2, 0.25) is 0 Å². The quantitative estimate of drug-likeness (QED) is 0.706. The Morgan fingerprint density at radius 1 is 1.30 bits per heavy atom. The van der Waals surface area contributed by atoms with Crippen molar-refractivity contribution in [2.24, 2.45) is 0 Å². The molecule has 2 aromatic rings. The van der Waals surface area contributed by atoms with Crippen molar-refractivity contribution < 1.29 is 27.4 Å². The van der Waals surface area contributed by atoms with Crippen molar-refractivity contribution in [3.8, 4) is 5.75 Å². The summed E-state index contributed by atoms with van der Waals surface area (Å²) in [7, 11) is 0. The van der Waals surface area contributed by atoms with Crippen LogP contribution in [0.25, 0.3) is 5.76 Å². The van der Waals surface area contributed by atoms with Gasteiger partial charge in [0.05, 0.1) is 5.56 Å². The second-order valence-corrected chi connectivity index (χ2v) is 6.16. The lowest BCUT2D eigenvalue weighted by atomic mass is 10.2. The van der Waals surface area contributed by atoms with Crippen LogP contribution >= 0.6 is 15.9 Å². The van der Waals surface area contributed by atoms with Gasteiger partial charge in [-0.15, -0.1) is 13.2 Å². The van der Waals surface area contributed by atoms with E-state index in [1.807, 2.05) is 0 Å². The molecule has 0 fully saturated rings. The second kappa shape index (κ2) is 7.72. The van der Waals surface area contributed by atoms with E-state index in [4.69, 9.17) is 4.74 Å². The predicted molar refractivity (Wildman–Crippen MR) is 92.3 cm³/mol. The summed E-state index contributed by atoms with van der Waals surface area (Å²) in [6.07, 6.45) is -2.17. The number of alkyl halides is 3. The largest absolute Gasteiger partial charge is 0.573 e. The zero-order chi connectivity index (χ0) is 19.4. The third-order valence-electron chi connectivity index (χ3n) is 3.37. The fourth-order valence-corrected chi connectivity index (χ4v) is 2.51. The number of hydrogen-bond donors (Lipinski definition) is 1. The Hall–Kier alpha value is -2.99. The highest BCUT2D eigenvalue weighted by molar-refractivity contribution is 9.10. The number of nitrogens with zero attached hydrogens (tertiary/aromatic N) is 1. The summed E-state index contributed by atoms with van der Waals surface area (Å²) in [5.74, 6) is -0.508. The van der Waals surface area contributed by atoms with Crippen LogP contribution < -0.4 is 10.1 Å². The van der Waals surface area contributed by atoms with Crippen molar-refractivity contribution in [3.63, 3.8) is 0 Å². The van der Waals surface area contributed by atoms with E-state index < -0.39 is 18.0 Å². The van der Waals surface area contributed by atoms with Crippen molar-refractivity contribution in [2.45, 2.75) is 12.9 Å². The van der Waals surface area contributed by atoms with Gasteiger partial charge in [-0.05, 0) is 35.7 Å². The van der Waals surface area contributed by atoms with Gasteiger partial charge < -0.3 is 14.8 Å². The van der Waals surface area contributed by atoms with Gasteiger partial charge in [0, 0.05) is 22.8 Å². The molecule has 1 aliphatic rings. The van der Waals surface area contributed by atoms with Crippen molar-refractivity contribution >= 4 is 27.6 Å². The maximum atomic E-state index is 12.5. The first kappa shape index (κ1) is 18.8. The number of halogens is 4. The zero-order valence-electron chi connectivity index (χ0n) is 13.4. The molecule has 1 aliphatic heterocycles. The Balaban J connectivity index is 1.69. The molecule has 1 aromatic carbocycles. The average molecular weight is 439 g/mol. The molecule has 0 saturated carbocycles. The minimum Gasteiger partial charge on any atom is -0.445 e. The SMILES string of the molecule is O=C(NCc1ccc(Br)cc1OC(F)(F)F)c1ccc(C2=C=C=CO2)nc1. The number of nitrogens with one attached hydrogen (secondary N) is 1. The maximum Gasteiger partial charge on any atom is 0.573 e. The zero-order valence-corrected chi connectivity index (χ0v) is 15.0. The van der Waals surface area contributed by atoms with E-state index in [0.29, 0.717) is 15.9 Å². The Bertz CT molecular complexity index is 974. The summed E-state index contributed by atoms with van der Waals surface area (Å²) in [6.45, 7) is -0.153. The molecule has 9 heteroatoms. The van der Waals surface area contributed by atoms with Crippen LogP contribution in [0.3, 0.4) is 0 Å². The van der Waals surface area contributed by atoms with Gasteiger partial charge in [0.25, 0.3) is 5.91 Å². The van der Waals surface area contributed by atoms with Gasteiger partial charge in [0.1, 0.15) is 17.7 Å². The Morgan fingerprint density at radius 2 is 2.11 bits per heavy atom. The molecule has 138 valence electrons. The highest BCUT2D eigenvalue weighted by atomic mass is 79.9. The Labute approximate surface area is 159 Å². The van der Waals surface area contributed by atoms with E-state index in [9.17, 15) is 18.0 Å². The molecule has 27 heavy (non-hydrogen) atoms. The second-order valence-electron chi connectivity index (χ2n) is 5.25. The number of pyridine rings is 1. The van der Waals surface area contributed by atoms with E-state index in [0.717, 1.165) is 0 Å².